The Balaban J connectivity index is 2.38. The number of amides is 1. The van der Waals surface area contributed by atoms with Gasteiger partial charge in [0, 0.05) is 0 Å². The molecule has 7 heteroatoms. The quantitative estimate of drug-likeness (QED) is 0.867. The number of nitrogens with two attached hydrogens (primary N) is 1. The Morgan fingerprint density at radius 3 is 2.50 bits per heavy atom. The molecule has 0 bridgehead atoms. The summed E-state index contributed by atoms with van der Waals surface area (Å²) in [6.07, 6.45) is 0. The van der Waals surface area contributed by atoms with Crippen molar-refractivity contribution in [3.63, 3.8) is 0 Å². The van der Waals surface area contributed by atoms with E-state index in [-0.39, 0.29) is 16.5 Å². The average Bonchev–Trinajstić information content (AvgIpc) is 2.41. The second-order valence-corrected chi connectivity index (χ2v) is 5.27. The van der Waals surface area contributed by atoms with Crippen LogP contribution in [0.3, 0.4) is 0 Å². The Hall–Kier alpha value is -1.49. The van der Waals surface area contributed by atoms with Crippen LogP contribution in [0.1, 0.15) is 16.1 Å². The van der Waals surface area contributed by atoms with E-state index in [9.17, 15) is 4.79 Å². The lowest BCUT2D eigenvalue weighted by Crippen LogP contribution is -2.16. The number of carbonyl (C=O) groups excluding carboxylic acids is 1. The first-order chi connectivity index (χ1) is 9.40. The van der Waals surface area contributed by atoms with Gasteiger partial charge in [0.05, 0.1) is 20.8 Å². The van der Waals surface area contributed by atoms with Crippen LogP contribution in [0, 0.1) is 6.92 Å². The van der Waals surface area contributed by atoms with Gasteiger partial charge in [-0.25, -0.2) is 4.98 Å². The summed E-state index contributed by atoms with van der Waals surface area (Å²) in [6.45, 7) is 1.81. The van der Waals surface area contributed by atoms with E-state index in [0.717, 1.165) is 5.56 Å². The van der Waals surface area contributed by atoms with Gasteiger partial charge in [-0.1, -0.05) is 40.9 Å². The van der Waals surface area contributed by atoms with Gasteiger partial charge in [0.25, 0.3) is 5.91 Å². The van der Waals surface area contributed by atoms with Crippen molar-refractivity contribution in [2.24, 2.45) is 0 Å². The molecule has 2 aromatic rings. The number of hydrogen-bond donors (Lipinski definition) is 2. The van der Waals surface area contributed by atoms with Crippen molar-refractivity contribution in [1.82, 2.24) is 4.98 Å². The number of carbonyl (C=O) groups is 1. The number of nitrogens with zero attached hydrogens (tertiary/aromatic N) is 1. The molecule has 1 aromatic heterocycles. The summed E-state index contributed by atoms with van der Waals surface area (Å²) in [5, 5.41) is 3.48. The molecular weight excluding hydrogens is 321 g/mol. The zero-order valence-corrected chi connectivity index (χ0v) is 12.6. The van der Waals surface area contributed by atoms with Crippen molar-refractivity contribution < 1.29 is 4.79 Å². The van der Waals surface area contributed by atoms with Gasteiger partial charge in [0.15, 0.2) is 0 Å². The Labute approximate surface area is 130 Å². The van der Waals surface area contributed by atoms with Gasteiger partial charge < -0.3 is 11.1 Å². The van der Waals surface area contributed by atoms with Gasteiger partial charge in [0.1, 0.15) is 11.5 Å². The molecule has 0 aliphatic rings. The van der Waals surface area contributed by atoms with E-state index in [2.05, 4.69) is 10.3 Å². The van der Waals surface area contributed by atoms with E-state index in [4.69, 9.17) is 40.5 Å². The highest BCUT2D eigenvalue weighted by Gasteiger charge is 2.17. The fourth-order valence-electron chi connectivity index (χ4n) is 1.56. The molecule has 1 heterocycles. The molecule has 0 radical (unpaired) electrons. The largest absolute Gasteiger partial charge is 0.384 e. The first-order valence-electron chi connectivity index (χ1n) is 5.58. The lowest BCUT2D eigenvalue weighted by atomic mass is 10.2. The maximum Gasteiger partial charge on any atom is 0.275 e. The third kappa shape index (κ3) is 2.98. The zero-order chi connectivity index (χ0) is 14.9. The van der Waals surface area contributed by atoms with Crippen LogP contribution >= 0.6 is 34.8 Å². The molecule has 0 atom stereocenters. The Bertz CT molecular complexity index is 689. The van der Waals surface area contributed by atoms with E-state index < -0.39 is 5.91 Å². The molecule has 2 rings (SSSR count). The minimum absolute atomic E-state index is 0.0142. The summed E-state index contributed by atoms with van der Waals surface area (Å²) in [5.41, 5.74) is 6.66. The smallest absolute Gasteiger partial charge is 0.275 e. The van der Waals surface area contributed by atoms with Crippen LogP contribution in [0.4, 0.5) is 11.5 Å². The summed E-state index contributed by atoms with van der Waals surface area (Å²) in [7, 11) is 0. The molecule has 0 spiro atoms. The van der Waals surface area contributed by atoms with Gasteiger partial charge in [-0.05, 0) is 30.7 Å². The van der Waals surface area contributed by atoms with E-state index in [0.29, 0.717) is 15.7 Å². The van der Waals surface area contributed by atoms with Crippen LogP contribution in [-0.2, 0) is 0 Å². The minimum atomic E-state index is -0.531. The number of nitrogens with one attached hydrogen (secondary N) is 1. The predicted octanol–water partition coefficient (Wildman–Crippen LogP) is 4.18. The molecule has 0 unspecified atom stereocenters. The van der Waals surface area contributed by atoms with Crippen molar-refractivity contribution in [3.8, 4) is 0 Å². The van der Waals surface area contributed by atoms with E-state index in [1.54, 1.807) is 19.1 Å². The highest BCUT2D eigenvalue weighted by atomic mass is 35.5. The molecule has 20 heavy (non-hydrogen) atoms. The molecule has 1 amide bonds. The number of benzene rings is 1. The van der Waals surface area contributed by atoms with Crippen molar-refractivity contribution in [2.45, 2.75) is 6.92 Å². The maximum atomic E-state index is 12.2. The van der Waals surface area contributed by atoms with Crippen LogP contribution in [0.5, 0.6) is 0 Å². The van der Waals surface area contributed by atoms with Crippen molar-refractivity contribution in [1.29, 1.82) is 0 Å². The Kier molecular flexibility index (Phi) is 4.38. The maximum absolute atomic E-state index is 12.2. The summed E-state index contributed by atoms with van der Waals surface area (Å²) in [5.74, 6) is -0.335. The molecule has 3 N–H and O–H groups in total. The third-order valence-corrected chi connectivity index (χ3v) is 3.71. The number of pyridine rings is 1. The number of hydrogen-bond acceptors (Lipinski definition) is 3. The molecule has 0 saturated heterocycles. The fraction of sp³-hybridized carbons (Fsp3) is 0.0769. The number of nitrogen functional groups attached to an aromatic ring is 1. The lowest BCUT2D eigenvalue weighted by molar-refractivity contribution is 0.102. The highest BCUT2D eigenvalue weighted by molar-refractivity contribution is 6.41. The van der Waals surface area contributed by atoms with Gasteiger partial charge in [0.2, 0.25) is 0 Å². The normalized spacial score (nSPS) is 10.4. The van der Waals surface area contributed by atoms with Crippen molar-refractivity contribution in [2.75, 3.05) is 11.1 Å². The summed E-state index contributed by atoms with van der Waals surface area (Å²) >= 11 is 18.1. The number of aryl methyl sites for hydroxylation is 1. The van der Waals surface area contributed by atoms with Crippen LogP contribution in [0.15, 0.2) is 24.3 Å². The molecule has 0 fully saturated rings. The first-order valence-corrected chi connectivity index (χ1v) is 6.71. The lowest BCUT2D eigenvalue weighted by Gasteiger charge is -2.11. The molecular formula is C13H10Cl3N3O. The second-order valence-electron chi connectivity index (χ2n) is 4.07. The molecule has 104 valence electrons. The first kappa shape index (κ1) is 14.9. The van der Waals surface area contributed by atoms with Crippen LogP contribution in [-0.4, -0.2) is 10.9 Å². The minimum Gasteiger partial charge on any atom is -0.384 e. The zero-order valence-electron chi connectivity index (χ0n) is 10.4. The number of rotatable bonds is 2. The van der Waals surface area contributed by atoms with E-state index >= 15 is 0 Å². The van der Waals surface area contributed by atoms with Crippen molar-refractivity contribution >= 4 is 52.2 Å². The second kappa shape index (κ2) is 5.87. The Morgan fingerprint density at radius 1 is 1.15 bits per heavy atom. The van der Waals surface area contributed by atoms with Gasteiger partial charge in [-0.3, -0.25) is 4.79 Å². The standard InChI is InChI=1S/C13H10Cl3N3O/c1-6-2-3-7(14)11(10(6)16)19-13(20)12-8(15)4-5-9(17)18-12/h2-5H,1H3,(H2,17,18)(H,19,20). The fourth-order valence-corrected chi connectivity index (χ4v) is 2.22. The monoisotopic (exact) mass is 329 g/mol. The van der Waals surface area contributed by atoms with Gasteiger partial charge >= 0.3 is 0 Å². The molecule has 1 aromatic carbocycles. The average molecular weight is 331 g/mol. The van der Waals surface area contributed by atoms with E-state index in [1.807, 2.05) is 0 Å². The number of halogens is 3. The SMILES string of the molecule is Cc1ccc(Cl)c(NC(=O)c2nc(N)ccc2Cl)c1Cl. The highest BCUT2D eigenvalue weighted by Crippen LogP contribution is 2.33. The van der Waals surface area contributed by atoms with Crippen LogP contribution in [0.25, 0.3) is 0 Å². The summed E-state index contributed by atoms with van der Waals surface area (Å²) < 4.78 is 0. The van der Waals surface area contributed by atoms with Crippen LogP contribution < -0.4 is 11.1 Å². The summed E-state index contributed by atoms with van der Waals surface area (Å²) in [4.78, 5) is 16.1. The van der Waals surface area contributed by atoms with Crippen molar-refractivity contribution in [3.05, 3.63) is 50.6 Å². The molecule has 0 aliphatic heterocycles. The summed E-state index contributed by atoms with van der Waals surface area (Å²) in [6, 6.07) is 6.41. The number of anilines is 2. The predicted molar refractivity (Wildman–Crippen MR) is 82.8 cm³/mol. The molecule has 4 nitrogen and oxygen atoms in total. The third-order valence-electron chi connectivity index (χ3n) is 2.61. The topological polar surface area (TPSA) is 68.0 Å². The van der Waals surface area contributed by atoms with Gasteiger partial charge in [-0.2, -0.15) is 0 Å². The van der Waals surface area contributed by atoms with Crippen LogP contribution in [0.2, 0.25) is 15.1 Å². The molecule has 0 aliphatic carbocycles. The van der Waals surface area contributed by atoms with E-state index in [1.165, 1.54) is 12.1 Å². The number of aromatic nitrogens is 1. The molecule has 0 saturated carbocycles. The van der Waals surface area contributed by atoms with Gasteiger partial charge in [-0.15, -0.1) is 0 Å². The Morgan fingerprint density at radius 2 is 1.80 bits per heavy atom.